The second-order valence-corrected chi connectivity index (χ2v) is 8.19. The van der Waals surface area contributed by atoms with Gasteiger partial charge in [-0.3, -0.25) is 0 Å². The monoisotopic (exact) mass is 334 g/mol. The van der Waals surface area contributed by atoms with Gasteiger partial charge in [0.2, 0.25) is 0 Å². The molecule has 0 amide bonds. The molecule has 4 heteroatoms. The van der Waals surface area contributed by atoms with Crippen molar-refractivity contribution in [1.29, 1.82) is 0 Å². The summed E-state index contributed by atoms with van der Waals surface area (Å²) in [5.41, 5.74) is 3.18. The Hall–Kier alpha value is -1.10. The van der Waals surface area contributed by atoms with E-state index in [1.165, 1.54) is 5.56 Å². The number of aliphatic hydroxyl groups excluding tert-OH is 1. The minimum Gasteiger partial charge on any atom is -0.508 e. The molecular weight excluding hydrogens is 304 g/mol. The topological polar surface area (TPSA) is 58.9 Å². The highest BCUT2D eigenvalue weighted by Gasteiger charge is 2.30. The van der Waals surface area contributed by atoms with Crippen molar-refractivity contribution >= 4 is 0 Å². The van der Waals surface area contributed by atoms with E-state index in [0.717, 1.165) is 56.4 Å². The van der Waals surface area contributed by atoms with Crippen LogP contribution in [0.2, 0.25) is 0 Å². The molecule has 3 rings (SSSR count). The van der Waals surface area contributed by atoms with Crippen molar-refractivity contribution < 1.29 is 19.7 Å². The maximum Gasteiger partial charge on any atom is 0.158 e. The van der Waals surface area contributed by atoms with E-state index < -0.39 is 6.29 Å². The van der Waals surface area contributed by atoms with Gasteiger partial charge in [0.15, 0.2) is 6.29 Å². The summed E-state index contributed by atoms with van der Waals surface area (Å²) in [6, 6.07) is 4.10. The molecular formula is C20H30O4. The zero-order chi connectivity index (χ0) is 17.3. The second kappa shape index (κ2) is 7.03. The van der Waals surface area contributed by atoms with Crippen LogP contribution < -0.4 is 0 Å². The number of phenols is 1. The number of ether oxygens (including phenoxy) is 2. The van der Waals surface area contributed by atoms with E-state index in [1.807, 2.05) is 26.8 Å². The molecule has 24 heavy (non-hydrogen) atoms. The third-order valence-electron chi connectivity index (χ3n) is 5.15. The molecule has 134 valence electrons. The molecule has 1 aliphatic heterocycles. The van der Waals surface area contributed by atoms with Gasteiger partial charge in [0.05, 0.1) is 5.60 Å². The lowest BCUT2D eigenvalue weighted by Gasteiger charge is -2.33. The average molecular weight is 334 g/mol. The quantitative estimate of drug-likeness (QED) is 0.830. The predicted octanol–water partition coefficient (Wildman–Crippen LogP) is 3.52. The molecule has 0 bridgehead atoms. The molecule has 1 aliphatic carbocycles. The van der Waals surface area contributed by atoms with Crippen LogP contribution in [0.25, 0.3) is 0 Å². The van der Waals surface area contributed by atoms with Crippen LogP contribution in [0.15, 0.2) is 12.1 Å². The summed E-state index contributed by atoms with van der Waals surface area (Å²) in [7, 11) is 0. The highest BCUT2D eigenvalue weighted by atomic mass is 16.6. The molecule has 0 spiro atoms. The summed E-state index contributed by atoms with van der Waals surface area (Å²) in [6.45, 7) is 7.43. The number of hydrogen-bond acceptors (Lipinski definition) is 4. The smallest absolute Gasteiger partial charge is 0.158 e. The summed E-state index contributed by atoms with van der Waals surface area (Å²) < 4.78 is 11.2. The molecule has 0 saturated carbocycles. The maximum absolute atomic E-state index is 10.5. The first kappa shape index (κ1) is 17.7. The summed E-state index contributed by atoms with van der Waals surface area (Å²) in [5, 5.41) is 20.9. The molecule has 2 atom stereocenters. The van der Waals surface area contributed by atoms with Crippen LogP contribution in [0.5, 0.6) is 5.75 Å². The van der Waals surface area contributed by atoms with Gasteiger partial charge in [0.25, 0.3) is 0 Å². The van der Waals surface area contributed by atoms with Crippen LogP contribution >= 0.6 is 0 Å². The number of hydrogen-bond donors (Lipinski definition) is 2. The van der Waals surface area contributed by atoms with E-state index in [9.17, 15) is 10.2 Å². The van der Waals surface area contributed by atoms with E-state index in [1.54, 1.807) is 0 Å². The average Bonchev–Trinajstić information content (AvgIpc) is 2.53. The summed E-state index contributed by atoms with van der Waals surface area (Å²) in [4.78, 5) is 0. The fourth-order valence-corrected chi connectivity index (χ4v) is 3.88. The Kier molecular flexibility index (Phi) is 5.19. The summed E-state index contributed by atoms with van der Waals surface area (Å²) >= 11 is 0. The SMILES string of the molecule is CC(C)(C)OC(O)C1CCc2cc(C3CCOCC3)c(O)cc2C1. The number of benzene rings is 1. The lowest BCUT2D eigenvalue weighted by molar-refractivity contribution is -0.193. The first-order valence-electron chi connectivity index (χ1n) is 9.12. The summed E-state index contributed by atoms with van der Waals surface area (Å²) in [5.74, 6) is 0.883. The minimum absolute atomic E-state index is 0.0880. The van der Waals surface area contributed by atoms with Crippen LogP contribution in [-0.2, 0) is 22.3 Å². The lowest BCUT2D eigenvalue weighted by atomic mass is 9.80. The molecule has 0 radical (unpaired) electrons. The van der Waals surface area contributed by atoms with Crippen molar-refractivity contribution in [3.63, 3.8) is 0 Å². The van der Waals surface area contributed by atoms with Crippen molar-refractivity contribution in [3.05, 3.63) is 28.8 Å². The zero-order valence-corrected chi connectivity index (χ0v) is 15.0. The van der Waals surface area contributed by atoms with Crippen LogP contribution in [0.1, 0.15) is 62.6 Å². The van der Waals surface area contributed by atoms with Gasteiger partial charge in [-0.25, -0.2) is 0 Å². The number of phenolic OH excluding ortho intramolecular Hbond substituents is 1. The number of aryl methyl sites for hydroxylation is 1. The second-order valence-electron chi connectivity index (χ2n) is 8.19. The van der Waals surface area contributed by atoms with E-state index in [4.69, 9.17) is 9.47 Å². The van der Waals surface area contributed by atoms with E-state index >= 15 is 0 Å². The molecule has 2 N–H and O–H groups in total. The Bertz CT molecular complexity index is 570. The molecule has 2 unspecified atom stereocenters. The van der Waals surface area contributed by atoms with Gasteiger partial charge in [-0.05, 0) is 81.5 Å². The van der Waals surface area contributed by atoms with Gasteiger partial charge in [-0.2, -0.15) is 0 Å². The van der Waals surface area contributed by atoms with Crippen LogP contribution in [0, 0.1) is 5.92 Å². The largest absolute Gasteiger partial charge is 0.508 e. The number of aromatic hydroxyl groups is 1. The number of rotatable bonds is 3. The van der Waals surface area contributed by atoms with E-state index in [2.05, 4.69) is 6.07 Å². The Morgan fingerprint density at radius 2 is 1.83 bits per heavy atom. The van der Waals surface area contributed by atoms with Gasteiger partial charge in [-0.15, -0.1) is 0 Å². The fourth-order valence-electron chi connectivity index (χ4n) is 3.88. The zero-order valence-electron chi connectivity index (χ0n) is 15.0. The Morgan fingerprint density at radius 1 is 1.12 bits per heavy atom. The van der Waals surface area contributed by atoms with Crippen LogP contribution in [0.4, 0.5) is 0 Å². The van der Waals surface area contributed by atoms with Gasteiger partial charge in [0.1, 0.15) is 5.75 Å². The third kappa shape index (κ3) is 4.11. The van der Waals surface area contributed by atoms with Crippen LogP contribution in [0.3, 0.4) is 0 Å². The van der Waals surface area contributed by atoms with Crippen molar-refractivity contribution in [2.24, 2.45) is 5.92 Å². The first-order chi connectivity index (χ1) is 11.3. The molecule has 1 saturated heterocycles. The lowest BCUT2D eigenvalue weighted by Crippen LogP contribution is -2.35. The van der Waals surface area contributed by atoms with Crippen molar-refractivity contribution in [1.82, 2.24) is 0 Å². The predicted molar refractivity (Wildman–Crippen MR) is 93.3 cm³/mol. The standard InChI is InChI=1S/C20H30O4/c1-20(2,3)24-19(22)15-5-4-14-11-17(13-6-8-23-9-7-13)18(21)12-16(14)10-15/h11-13,15,19,21-22H,4-10H2,1-3H3. The first-order valence-corrected chi connectivity index (χ1v) is 9.12. The van der Waals surface area contributed by atoms with Crippen molar-refractivity contribution in [2.45, 2.75) is 70.7 Å². The molecule has 4 nitrogen and oxygen atoms in total. The van der Waals surface area contributed by atoms with Crippen molar-refractivity contribution in [2.75, 3.05) is 13.2 Å². The fraction of sp³-hybridized carbons (Fsp3) is 0.700. The Labute approximate surface area is 144 Å². The molecule has 0 aromatic heterocycles. The minimum atomic E-state index is -0.754. The number of aliphatic hydroxyl groups is 1. The van der Waals surface area contributed by atoms with Gasteiger partial charge >= 0.3 is 0 Å². The highest BCUT2D eigenvalue weighted by Crippen LogP contribution is 2.38. The summed E-state index contributed by atoms with van der Waals surface area (Å²) in [6.07, 6.45) is 3.81. The van der Waals surface area contributed by atoms with Gasteiger partial charge < -0.3 is 19.7 Å². The van der Waals surface area contributed by atoms with Crippen molar-refractivity contribution in [3.8, 4) is 5.75 Å². The maximum atomic E-state index is 10.5. The highest BCUT2D eigenvalue weighted by molar-refractivity contribution is 5.45. The normalized spacial score (nSPS) is 23.8. The van der Waals surface area contributed by atoms with Crippen LogP contribution in [-0.4, -0.2) is 35.3 Å². The number of fused-ring (bicyclic) bond motifs is 1. The van der Waals surface area contributed by atoms with Gasteiger partial charge in [0, 0.05) is 19.1 Å². The third-order valence-corrected chi connectivity index (χ3v) is 5.15. The Morgan fingerprint density at radius 3 is 2.50 bits per heavy atom. The molecule has 1 aromatic carbocycles. The van der Waals surface area contributed by atoms with E-state index in [-0.39, 0.29) is 11.5 Å². The van der Waals surface area contributed by atoms with Gasteiger partial charge in [-0.1, -0.05) is 6.07 Å². The molecule has 1 fully saturated rings. The Balaban J connectivity index is 1.74. The van der Waals surface area contributed by atoms with E-state index in [0.29, 0.717) is 11.7 Å². The molecule has 1 heterocycles. The molecule has 1 aromatic rings. The molecule has 2 aliphatic rings.